The maximum Gasteiger partial charge on any atom is 0.128 e. The molecule has 0 aliphatic heterocycles. The van der Waals surface area contributed by atoms with Crippen LogP contribution in [0.15, 0.2) is 22.7 Å². The van der Waals surface area contributed by atoms with E-state index in [-0.39, 0.29) is 12.2 Å². The van der Waals surface area contributed by atoms with E-state index in [9.17, 15) is 0 Å². The van der Waals surface area contributed by atoms with Crippen molar-refractivity contribution in [1.82, 2.24) is 5.32 Å². The van der Waals surface area contributed by atoms with Gasteiger partial charge < -0.3 is 14.8 Å². The Bertz CT molecular complexity index is 425. The number of hydrogen-bond donors (Lipinski definition) is 1. The highest BCUT2D eigenvalue weighted by Gasteiger charge is 2.43. The average molecular weight is 328 g/mol. The molecule has 0 spiro atoms. The molecule has 1 aliphatic rings. The standard InChI is InChI=1S/C15H22BrNO2/c1-4-17-12-9-14(15(12)18-5-2)19-13-7-6-11(16)8-10(13)3/h6-8,12,14-15,17H,4-5,9H2,1-3H3. The molecular weight excluding hydrogens is 306 g/mol. The van der Waals surface area contributed by atoms with Crippen LogP contribution in [0, 0.1) is 6.92 Å². The van der Waals surface area contributed by atoms with E-state index in [0.29, 0.717) is 6.04 Å². The number of rotatable bonds is 6. The van der Waals surface area contributed by atoms with Gasteiger partial charge in [0.2, 0.25) is 0 Å². The van der Waals surface area contributed by atoms with E-state index in [1.165, 1.54) is 0 Å². The Labute approximate surface area is 123 Å². The maximum atomic E-state index is 6.09. The quantitative estimate of drug-likeness (QED) is 0.869. The van der Waals surface area contributed by atoms with Gasteiger partial charge in [-0.05, 0) is 44.2 Å². The third kappa shape index (κ3) is 3.50. The molecule has 2 rings (SSSR count). The van der Waals surface area contributed by atoms with Crippen molar-refractivity contribution < 1.29 is 9.47 Å². The normalized spacial score (nSPS) is 26.0. The molecule has 3 atom stereocenters. The lowest BCUT2D eigenvalue weighted by molar-refractivity contribution is -0.104. The van der Waals surface area contributed by atoms with E-state index in [1.54, 1.807) is 0 Å². The Balaban J connectivity index is 1.98. The topological polar surface area (TPSA) is 30.5 Å². The van der Waals surface area contributed by atoms with Crippen molar-refractivity contribution >= 4 is 15.9 Å². The van der Waals surface area contributed by atoms with E-state index in [4.69, 9.17) is 9.47 Å². The van der Waals surface area contributed by atoms with Crippen LogP contribution in [-0.2, 0) is 4.74 Å². The highest BCUT2D eigenvalue weighted by Crippen LogP contribution is 2.31. The second kappa shape index (κ2) is 6.73. The molecule has 1 fully saturated rings. The molecule has 1 aromatic rings. The largest absolute Gasteiger partial charge is 0.487 e. The lowest BCUT2D eigenvalue weighted by Gasteiger charge is -2.44. The Morgan fingerprint density at radius 3 is 2.79 bits per heavy atom. The van der Waals surface area contributed by atoms with E-state index < -0.39 is 0 Å². The Morgan fingerprint density at radius 2 is 2.16 bits per heavy atom. The third-order valence-electron chi connectivity index (χ3n) is 3.49. The van der Waals surface area contributed by atoms with Crippen molar-refractivity contribution in [3.8, 4) is 5.75 Å². The zero-order chi connectivity index (χ0) is 13.8. The molecule has 1 saturated carbocycles. The van der Waals surface area contributed by atoms with Crippen molar-refractivity contribution in [3.63, 3.8) is 0 Å². The van der Waals surface area contributed by atoms with Crippen LogP contribution in [0.3, 0.4) is 0 Å². The summed E-state index contributed by atoms with van der Waals surface area (Å²) in [5.41, 5.74) is 1.15. The van der Waals surface area contributed by atoms with E-state index in [2.05, 4.69) is 41.2 Å². The Kier molecular flexibility index (Phi) is 5.25. The molecule has 0 heterocycles. The summed E-state index contributed by atoms with van der Waals surface area (Å²) in [5, 5.41) is 3.44. The number of ether oxygens (including phenoxy) is 2. The number of hydrogen-bond acceptors (Lipinski definition) is 3. The molecule has 1 N–H and O–H groups in total. The van der Waals surface area contributed by atoms with Gasteiger partial charge in [-0.2, -0.15) is 0 Å². The molecule has 0 radical (unpaired) electrons. The van der Waals surface area contributed by atoms with Crippen molar-refractivity contribution in [3.05, 3.63) is 28.2 Å². The molecule has 106 valence electrons. The molecule has 0 bridgehead atoms. The highest BCUT2D eigenvalue weighted by atomic mass is 79.9. The van der Waals surface area contributed by atoms with Crippen LogP contribution in [0.2, 0.25) is 0 Å². The lowest BCUT2D eigenvalue weighted by atomic mass is 9.85. The zero-order valence-corrected chi connectivity index (χ0v) is 13.4. The molecule has 0 amide bonds. The molecule has 1 aliphatic carbocycles. The molecule has 0 aromatic heterocycles. The second-order valence-electron chi connectivity index (χ2n) is 4.89. The first-order valence-electron chi connectivity index (χ1n) is 6.93. The van der Waals surface area contributed by atoms with E-state index >= 15 is 0 Å². The van der Waals surface area contributed by atoms with E-state index in [0.717, 1.165) is 35.4 Å². The zero-order valence-electron chi connectivity index (χ0n) is 11.8. The minimum atomic E-state index is 0.156. The summed E-state index contributed by atoms with van der Waals surface area (Å²) < 4.78 is 13.0. The SMILES string of the molecule is CCNC1CC(Oc2ccc(Br)cc2C)C1OCC. The molecule has 0 saturated heterocycles. The minimum absolute atomic E-state index is 0.156. The van der Waals surface area contributed by atoms with Crippen LogP contribution >= 0.6 is 15.9 Å². The molecule has 4 heteroatoms. The first-order chi connectivity index (χ1) is 9.15. The summed E-state index contributed by atoms with van der Waals surface area (Å²) in [6.07, 6.45) is 1.32. The third-order valence-corrected chi connectivity index (χ3v) is 3.98. The summed E-state index contributed by atoms with van der Waals surface area (Å²) in [7, 11) is 0. The van der Waals surface area contributed by atoms with Crippen LogP contribution < -0.4 is 10.1 Å². The molecular formula is C15H22BrNO2. The summed E-state index contributed by atoms with van der Waals surface area (Å²) in [6, 6.07) is 6.53. The van der Waals surface area contributed by atoms with Gasteiger partial charge in [-0.3, -0.25) is 0 Å². The first kappa shape index (κ1) is 14.8. The van der Waals surface area contributed by atoms with Gasteiger partial charge in [0, 0.05) is 23.5 Å². The van der Waals surface area contributed by atoms with Gasteiger partial charge in [0.05, 0.1) is 0 Å². The summed E-state index contributed by atoms with van der Waals surface area (Å²) in [5.74, 6) is 0.952. The van der Waals surface area contributed by atoms with Gasteiger partial charge >= 0.3 is 0 Å². The van der Waals surface area contributed by atoms with Gasteiger partial charge in [-0.1, -0.05) is 22.9 Å². The van der Waals surface area contributed by atoms with Crippen LogP contribution in [0.4, 0.5) is 0 Å². The smallest absolute Gasteiger partial charge is 0.128 e. The number of likely N-dealkylation sites (N-methyl/N-ethyl adjacent to an activating group) is 1. The fraction of sp³-hybridized carbons (Fsp3) is 0.600. The van der Waals surface area contributed by atoms with Gasteiger partial charge in [0.25, 0.3) is 0 Å². The Hall–Kier alpha value is -0.580. The summed E-state index contributed by atoms with van der Waals surface area (Å²) in [6.45, 7) is 7.92. The Morgan fingerprint density at radius 1 is 1.37 bits per heavy atom. The predicted octanol–water partition coefficient (Wildman–Crippen LogP) is 3.29. The predicted molar refractivity (Wildman–Crippen MR) is 80.8 cm³/mol. The van der Waals surface area contributed by atoms with Crippen molar-refractivity contribution in [1.29, 1.82) is 0 Å². The van der Waals surface area contributed by atoms with Crippen LogP contribution in [0.25, 0.3) is 0 Å². The van der Waals surface area contributed by atoms with Gasteiger partial charge in [-0.15, -0.1) is 0 Å². The number of benzene rings is 1. The van der Waals surface area contributed by atoms with Gasteiger partial charge in [-0.25, -0.2) is 0 Å². The van der Waals surface area contributed by atoms with Crippen LogP contribution in [0.1, 0.15) is 25.8 Å². The first-order valence-corrected chi connectivity index (χ1v) is 7.72. The molecule has 3 nitrogen and oxygen atoms in total. The van der Waals surface area contributed by atoms with E-state index in [1.807, 2.05) is 19.1 Å². The fourth-order valence-electron chi connectivity index (χ4n) is 2.48. The van der Waals surface area contributed by atoms with Crippen LogP contribution in [0.5, 0.6) is 5.75 Å². The van der Waals surface area contributed by atoms with Crippen molar-refractivity contribution in [2.45, 2.75) is 45.4 Å². The fourth-order valence-corrected chi connectivity index (χ4v) is 2.96. The second-order valence-corrected chi connectivity index (χ2v) is 5.80. The number of aryl methyl sites for hydroxylation is 1. The summed E-state index contributed by atoms with van der Waals surface area (Å²) >= 11 is 3.47. The van der Waals surface area contributed by atoms with Crippen LogP contribution in [-0.4, -0.2) is 31.4 Å². The minimum Gasteiger partial charge on any atom is -0.487 e. The maximum absolute atomic E-state index is 6.09. The number of halogens is 1. The molecule has 19 heavy (non-hydrogen) atoms. The van der Waals surface area contributed by atoms with Crippen molar-refractivity contribution in [2.24, 2.45) is 0 Å². The van der Waals surface area contributed by atoms with Gasteiger partial charge in [0.15, 0.2) is 0 Å². The average Bonchev–Trinajstić information content (AvgIpc) is 2.37. The van der Waals surface area contributed by atoms with Crippen molar-refractivity contribution in [2.75, 3.05) is 13.2 Å². The summed E-state index contributed by atoms with van der Waals surface area (Å²) in [4.78, 5) is 0. The lowest BCUT2D eigenvalue weighted by Crippen LogP contribution is -2.61. The molecule has 1 aromatic carbocycles. The monoisotopic (exact) mass is 327 g/mol. The highest BCUT2D eigenvalue weighted by molar-refractivity contribution is 9.10. The molecule has 3 unspecified atom stereocenters. The number of nitrogens with one attached hydrogen (secondary N) is 1. The van der Waals surface area contributed by atoms with Gasteiger partial charge in [0.1, 0.15) is 18.0 Å².